The zero-order valence-corrected chi connectivity index (χ0v) is 10.6. The lowest BCUT2D eigenvalue weighted by atomic mass is 10.1. The molecule has 1 aromatic carbocycles. The van der Waals surface area contributed by atoms with Gasteiger partial charge in [0.25, 0.3) is 5.91 Å². The number of nitrogens with one attached hydrogen (secondary N) is 1. The molecule has 98 valence electrons. The maximum atomic E-state index is 11.6. The number of amides is 1. The van der Waals surface area contributed by atoms with Crippen molar-refractivity contribution in [2.45, 2.75) is 26.3 Å². The van der Waals surface area contributed by atoms with Crippen LogP contribution in [0.4, 0.5) is 0 Å². The van der Waals surface area contributed by atoms with E-state index in [9.17, 15) is 9.59 Å². The minimum atomic E-state index is -0.721. The highest BCUT2D eigenvalue weighted by Crippen LogP contribution is 2.04. The first-order valence-corrected chi connectivity index (χ1v) is 5.82. The summed E-state index contributed by atoms with van der Waals surface area (Å²) in [6.07, 6.45) is 0.514. The molecule has 0 saturated carbocycles. The number of carbonyl (C=O) groups excluding carboxylic acids is 2. The van der Waals surface area contributed by atoms with Crippen molar-refractivity contribution in [3.63, 3.8) is 0 Å². The van der Waals surface area contributed by atoms with Crippen LogP contribution in [0.1, 0.15) is 30.6 Å². The van der Waals surface area contributed by atoms with Gasteiger partial charge < -0.3 is 10.6 Å². The average Bonchev–Trinajstić information content (AvgIpc) is 2.35. The number of rotatable bonds is 4. The van der Waals surface area contributed by atoms with Gasteiger partial charge in [0.05, 0.1) is 0 Å². The SMILES string of the molecule is CC(C)C[C@H](N)C(=O)ONC(=O)c1ccccc1. The molecule has 0 aliphatic heterocycles. The van der Waals surface area contributed by atoms with Crippen LogP contribution in [0, 0.1) is 5.92 Å². The minimum absolute atomic E-state index is 0.289. The molecule has 0 fully saturated rings. The lowest BCUT2D eigenvalue weighted by Gasteiger charge is -2.12. The minimum Gasteiger partial charge on any atom is -0.339 e. The van der Waals surface area contributed by atoms with Gasteiger partial charge in [-0.3, -0.25) is 4.79 Å². The van der Waals surface area contributed by atoms with Gasteiger partial charge in [-0.25, -0.2) is 4.79 Å². The molecule has 0 aromatic heterocycles. The Labute approximate surface area is 106 Å². The van der Waals surface area contributed by atoms with E-state index in [4.69, 9.17) is 5.73 Å². The lowest BCUT2D eigenvalue weighted by molar-refractivity contribution is -0.151. The molecule has 1 atom stereocenters. The van der Waals surface area contributed by atoms with Crippen LogP contribution < -0.4 is 11.2 Å². The Morgan fingerprint density at radius 2 is 1.89 bits per heavy atom. The highest BCUT2D eigenvalue weighted by atomic mass is 16.7. The highest BCUT2D eigenvalue weighted by Gasteiger charge is 2.18. The van der Waals surface area contributed by atoms with Gasteiger partial charge in [0.2, 0.25) is 0 Å². The molecule has 0 heterocycles. The molecule has 3 N–H and O–H groups in total. The van der Waals surface area contributed by atoms with Crippen molar-refractivity contribution in [3.05, 3.63) is 35.9 Å². The van der Waals surface area contributed by atoms with Gasteiger partial charge in [-0.15, -0.1) is 0 Å². The van der Waals surface area contributed by atoms with Gasteiger partial charge >= 0.3 is 5.97 Å². The second kappa shape index (κ2) is 6.76. The van der Waals surface area contributed by atoms with Crippen molar-refractivity contribution in [3.8, 4) is 0 Å². The molecule has 5 nitrogen and oxygen atoms in total. The molecule has 1 amide bonds. The lowest BCUT2D eigenvalue weighted by Crippen LogP contribution is -2.38. The number of hydrogen-bond donors (Lipinski definition) is 2. The molecule has 5 heteroatoms. The molecular weight excluding hydrogens is 232 g/mol. The summed E-state index contributed by atoms with van der Waals surface area (Å²) in [5.74, 6) is -0.814. The van der Waals surface area contributed by atoms with E-state index < -0.39 is 17.9 Å². The third kappa shape index (κ3) is 4.55. The Hall–Kier alpha value is -1.88. The summed E-state index contributed by atoms with van der Waals surface area (Å²) in [5.41, 5.74) is 8.12. The maximum Gasteiger partial charge on any atom is 0.348 e. The topological polar surface area (TPSA) is 81.4 Å². The van der Waals surface area contributed by atoms with E-state index in [2.05, 4.69) is 10.3 Å². The Bertz CT molecular complexity index is 404. The molecule has 0 aliphatic rings. The Balaban J connectivity index is 2.41. The Kier molecular flexibility index (Phi) is 5.32. The second-order valence-corrected chi connectivity index (χ2v) is 4.45. The van der Waals surface area contributed by atoms with E-state index in [-0.39, 0.29) is 5.92 Å². The molecule has 0 radical (unpaired) electrons. The Morgan fingerprint density at radius 1 is 1.28 bits per heavy atom. The normalized spacial score (nSPS) is 12.0. The summed E-state index contributed by atoms with van der Waals surface area (Å²) in [7, 11) is 0. The average molecular weight is 250 g/mol. The fourth-order valence-corrected chi connectivity index (χ4v) is 1.42. The predicted molar refractivity (Wildman–Crippen MR) is 67.4 cm³/mol. The van der Waals surface area contributed by atoms with E-state index in [1.807, 2.05) is 13.8 Å². The van der Waals surface area contributed by atoms with E-state index in [0.717, 1.165) is 0 Å². The third-order valence-electron chi connectivity index (χ3n) is 2.31. The molecule has 0 bridgehead atoms. The Morgan fingerprint density at radius 3 is 2.44 bits per heavy atom. The summed E-state index contributed by atoms with van der Waals surface area (Å²) in [5, 5.41) is 0. The monoisotopic (exact) mass is 250 g/mol. The van der Waals surface area contributed by atoms with Crippen LogP contribution in [-0.4, -0.2) is 17.9 Å². The summed E-state index contributed by atoms with van der Waals surface area (Å²) in [4.78, 5) is 27.7. The van der Waals surface area contributed by atoms with Crippen molar-refractivity contribution >= 4 is 11.9 Å². The predicted octanol–water partition coefficient (Wildman–Crippen LogP) is 1.25. The smallest absolute Gasteiger partial charge is 0.339 e. The molecule has 1 aromatic rings. The number of benzene rings is 1. The molecular formula is C13H18N2O3. The quantitative estimate of drug-likeness (QED) is 0.788. The molecule has 0 saturated heterocycles. The van der Waals surface area contributed by atoms with E-state index in [1.54, 1.807) is 30.3 Å². The van der Waals surface area contributed by atoms with Gasteiger partial charge in [0, 0.05) is 5.56 Å². The van der Waals surface area contributed by atoms with Crippen LogP contribution in [0.3, 0.4) is 0 Å². The van der Waals surface area contributed by atoms with Crippen molar-refractivity contribution in [2.75, 3.05) is 0 Å². The van der Waals surface area contributed by atoms with Crippen molar-refractivity contribution in [1.29, 1.82) is 0 Å². The van der Waals surface area contributed by atoms with Crippen LogP contribution in [-0.2, 0) is 9.63 Å². The molecule has 18 heavy (non-hydrogen) atoms. The second-order valence-electron chi connectivity index (χ2n) is 4.45. The summed E-state index contributed by atoms with van der Waals surface area (Å²) in [6, 6.07) is 7.76. The van der Waals surface area contributed by atoms with E-state index in [1.165, 1.54) is 0 Å². The van der Waals surface area contributed by atoms with Crippen molar-refractivity contribution in [2.24, 2.45) is 11.7 Å². The van der Waals surface area contributed by atoms with E-state index in [0.29, 0.717) is 12.0 Å². The van der Waals surface area contributed by atoms with Crippen LogP contribution in [0.25, 0.3) is 0 Å². The standard InChI is InChI=1S/C13H18N2O3/c1-9(2)8-11(14)13(17)18-15-12(16)10-6-4-3-5-7-10/h3-7,9,11H,8,14H2,1-2H3,(H,15,16)/t11-/m0/s1. The largest absolute Gasteiger partial charge is 0.348 e. The third-order valence-corrected chi connectivity index (χ3v) is 2.31. The van der Waals surface area contributed by atoms with Crippen LogP contribution in [0.15, 0.2) is 30.3 Å². The molecule has 0 aliphatic carbocycles. The zero-order chi connectivity index (χ0) is 13.5. The number of carbonyl (C=O) groups is 2. The fraction of sp³-hybridized carbons (Fsp3) is 0.385. The van der Waals surface area contributed by atoms with Crippen LogP contribution in [0.2, 0.25) is 0 Å². The number of hydrogen-bond acceptors (Lipinski definition) is 4. The molecule has 1 rings (SSSR count). The highest BCUT2D eigenvalue weighted by molar-refractivity contribution is 5.94. The molecule has 0 spiro atoms. The first-order valence-electron chi connectivity index (χ1n) is 5.82. The van der Waals surface area contributed by atoms with Crippen molar-refractivity contribution in [1.82, 2.24) is 5.48 Å². The summed E-state index contributed by atoms with van der Waals surface area (Å²) in [6.45, 7) is 3.91. The fourth-order valence-electron chi connectivity index (χ4n) is 1.42. The van der Waals surface area contributed by atoms with E-state index >= 15 is 0 Å². The first-order chi connectivity index (χ1) is 8.50. The van der Waals surface area contributed by atoms with Crippen molar-refractivity contribution < 1.29 is 14.4 Å². The van der Waals surface area contributed by atoms with Gasteiger partial charge in [-0.05, 0) is 24.5 Å². The van der Waals surface area contributed by atoms with Gasteiger partial charge in [0.15, 0.2) is 0 Å². The summed E-state index contributed by atoms with van der Waals surface area (Å²) < 4.78 is 0. The molecule has 0 unspecified atom stereocenters. The zero-order valence-electron chi connectivity index (χ0n) is 10.6. The van der Waals surface area contributed by atoms with Gasteiger partial charge in [0.1, 0.15) is 6.04 Å². The first kappa shape index (κ1) is 14.2. The maximum absolute atomic E-state index is 11.6. The number of hydroxylamine groups is 1. The summed E-state index contributed by atoms with van der Waals surface area (Å²) >= 11 is 0. The number of nitrogens with two attached hydrogens (primary N) is 1. The van der Waals surface area contributed by atoms with Crippen LogP contribution >= 0.6 is 0 Å². The van der Waals surface area contributed by atoms with Gasteiger partial charge in [-0.2, -0.15) is 5.48 Å². The van der Waals surface area contributed by atoms with Gasteiger partial charge in [-0.1, -0.05) is 32.0 Å². The van der Waals surface area contributed by atoms with Crippen LogP contribution in [0.5, 0.6) is 0 Å².